The van der Waals surface area contributed by atoms with E-state index in [1.165, 1.54) is 5.56 Å². The van der Waals surface area contributed by atoms with Crippen molar-refractivity contribution >= 4 is 11.6 Å². The first-order valence-corrected chi connectivity index (χ1v) is 9.62. The van der Waals surface area contributed by atoms with Gasteiger partial charge in [-0.2, -0.15) is 0 Å². The Morgan fingerprint density at radius 3 is 2.39 bits per heavy atom. The lowest BCUT2D eigenvalue weighted by Crippen LogP contribution is -2.11. The normalized spacial score (nSPS) is 10.8. The summed E-state index contributed by atoms with van der Waals surface area (Å²) in [4.78, 5) is 28.9. The second kappa shape index (κ2) is 9.27. The first-order valence-electron chi connectivity index (χ1n) is 9.62. The van der Waals surface area contributed by atoms with Crippen LogP contribution in [0.5, 0.6) is 0 Å². The van der Waals surface area contributed by atoms with E-state index in [4.69, 9.17) is 4.42 Å². The number of rotatable bonds is 9. The molecule has 0 aliphatic rings. The maximum absolute atomic E-state index is 12.3. The zero-order valence-electron chi connectivity index (χ0n) is 16.4. The van der Waals surface area contributed by atoms with Crippen molar-refractivity contribution < 1.29 is 14.0 Å². The Morgan fingerprint density at radius 1 is 0.929 bits per heavy atom. The molecule has 0 amide bonds. The van der Waals surface area contributed by atoms with Crippen LogP contribution in [0.1, 0.15) is 41.8 Å². The predicted molar refractivity (Wildman–Crippen MR) is 109 cm³/mol. The molecule has 0 atom stereocenters. The first-order chi connectivity index (χ1) is 13.5. The number of carbonyl (C=O) groups excluding carboxylic acids is 2. The number of carbonyl (C=O) groups is 2. The summed E-state index contributed by atoms with van der Waals surface area (Å²) in [5.74, 6) is 1.02. The highest BCUT2D eigenvalue weighted by atomic mass is 16.4. The minimum Gasteiger partial charge on any atom is -0.441 e. The molecule has 0 N–H and O–H groups in total. The van der Waals surface area contributed by atoms with Crippen LogP contribution < -0.4 is 0 Å². The summed E-state index contributed by atoms with van der Waals surface area (Å²) in [7, 11) is 0. The van der Waals surface area contributed by atoms with Gasteiger partial charge in [0, 0.05) is 12.0 Å². The van der Waals surface area contributed by atoms with E-state index in [1.54, 1.807) is 6.92 Å². The zero-order chi connectivity index (χ0) is 19.9. The molecule has 0 saturated heterocycles. The average Bonchev–Trinajstić information content (AvgIpc) is 3.03. The molecule has 0 aliphatic heterocycles. The molecule has 144 valence electrons. The Morgan fingerprint density at radius 2 is 1.64 bits per heavy atom. The smallest absolute Gasteiger partial charge is 0.226 e. The van der Waals surface area contributed by atoms with Crippen LogP contribution in [0.4, 0.5) is 0 Å². The van der Waals surface area contributed by atoms with Crippen molar-refractivity contribution in [3.05, 3.63) is 77.2 Å². The summed E-state index contributed by atoms with van der Waals surface area (Å²) in [5, 5.41) is 0. The lowest BCUT2D eigenvalue weighted by Gasteiger charge is -2.02. The third kappa shape index (κ3) is 5.26. The number of aryl methyl sites for hydroxylation is 3. The summed E-state index contributed by atoms with van der Waals surface area (Å²) in [6.45, 7) is 3.80. The number of hydrogen-bond donors (Lipinski definition) is 0. The molecular formula is C24H25NO3. The fourth-order valence-electron chi connectivity index (χ4n) is 3.21. The number of aromatic nitrogens is 1. The number of hydrogen-bond acceptors (Lipinski definition) is 4. The minimum atomic E-state index is -0.113. The standard InChI is InChI=1S/C24H25NO3/c1-17-9-6-7-14-22(17)24-25-23(18(2)28-24)16-21(27)15-20(26)13-8-12-19-10-4-3-5-11-19/h3-7,9-11,14H,8,12-13,15-16H2,1-2H3. The van der Waals surface area contributed by atoms with E-state index in [9.17, 15) is 9.59 Å². The van der Waals surface area contributed by atoms with Gasteiger partial charge in [-0.3, -0.25) is 9.59 Å². The fraction of sp³-hybridized carbons (Fsp3) is 0.292. The molecule has 0 saturated carbocycles. The molecule has 0 unspecified atom stereocenters. The lowest BCUT2D eigenvalue weighted by molar-refractivity contribution is -0.126. The molecule has 4 nitrogen and oxygen atoms in total. The maximum Gasteiger partial charge on any atom is 0.226 e. The van der Waals surface area contributed by atoms with E-state index < -0.39 is 0 Å². The van der Waals surface area contributed by atoms with Gasteiger partial charge in [0.15, 0.2) is 0 Å². The van der Waals surface area contributed by atoms with Crippen molar-refractivity contribution in [3.63, 3.8) is 0 Å². The third-order valence-corrected chi connectivity index (χ3v) is 4.79. The molecule has 4 heteroatoms. The molecule has 1 heterocycles. The van der Waals surface area contributed by atoms with Crippen LogP contribution in [0, 0.1) is 13.8 Å². The van der Waals surface area contributed by atoms with E-state index in [0.717, 1.165) is 24.0 Å². The highest BCUT2D eigenvalue weighted by Crippen LogP contribution is 2.25. The largest absolute Gasteiger partial charge is 0.441 e. The van der Waals surface area contributed by atoms with Crippen LogP contribution in [-0.4, -0.2) is 16.6 Å². The van der Waals surface area contributed by atoms with Crippen molar-refractivity contribution in [1.82, 2.24) is 4.98 Å². The molecule has 3 aromatic rings. The quantitative estimate of drug-likeness (QED) is 0.491. The molecule has 0 spiro atoms. The average molecular weight is 375 g/mol. The molecule has 0 aliphatic carbocycles. The number of benzene rings is 2. The van der Waals surface area contributed by atoms with Gasteiger partial charge >= 0.3 is 0 Å². The predicted octanol–water partition coefficient (Wildman–Crippen LogP) is 5.05. The van der Waals surface area contributed by atoms with Gasteiger partial charge in [0.25, 0.3) is 0 Å². The third-order valence-electron chi connectivity index (χ3n) is 4.79. The molecular weight excluding hydrogens is 350 g/mol. The number of Topliss-reactive ketones (excluding diaryl/α,β-unsaturated/α-hetero) is 2. The van der Waals surface area contributed by atoms with Crippen LogP contribution in [0.15, 0.2) is 59.0 Å². The van der Waals surface area contributed by atoms with Gasteiger partial charge in [0.1, 0.15) is 17.3 Å². The van der Waals surface area contributed by atoms with Crippen molar-refractivity contribution in [2.75, 3.05) is 0 Å². The summed E-state index contributed by atoms with van der Waals surface area (Å²) in [6, 6.07) is 17.9. The topological polar surface area (TPSA) is 60.2 Å². The Balaban J connectivity index is 1.52. The number of ketones is 2. The van der Waals surface area contributed by atoms with Gasteiger partial charge in [0.2, 0.25) is 5.89 Å². The Kier molecular flexibility index (Phi) is 6.53. The Bertz CT molecular complexity index is 957. The van der Waals surface area contributed by atoms with Gasteiger partial charge in [-0.05, 0) is 43.9 Å². The van der Waals surface area contributed by atoms with Gasteiger partial charge in [-0.15, -0.1) is 0 Å². The van der Waals surface area contributed by atoms with Crippen LogP contribution in [0.25, 0.3) is 11.5 Å². The van der Waals surface area contributed by atoms with E-state index in [1.807, 2.05) is 49.4 Å². The molecule has 3 rings (SSSR count). The van der Waals surface area contributed by atoms with E-state index in [2.05, 4.69) is 17.1 Å². The van der Waals surface area contributed by atoms with Crippen LogP contribution in [0.3, 0.4) is 0 Å². The lowest BCUT2D eigenvalue weighted by atomic mass is 10.0. The highest BCUT2D eigenvalue weighted by molar-refractivity contribution is 5.99. The molecule has 1 aromatic heterocycles. The molecule has 28 heavy (non-hydrogen) atoms. The second-order valence-corrected chi connectivity index (χ2v) is 7.11. The SMILES string of the molecule is Cc1ccccc1-c1nc(CC(=O)CC(=O)CCCc2ccccc2)c(C)o1. The maximum atomic E-state index is 12.3. The minimum absolute atomic E-state index is 0.0128. The summed E-state index contributed by atoms with van der Waals surface area (Å²) in [5.41, 5.74) is 3.81. The summed E-state index contributed by atoms with van der Waals surface area (Å²) >= 11 is 0. The van der Waals surface area contributed by atoms with Crippen LogP contribution >= 0.6 is 0 Å². The van der Waals surface area contributed by atoms with Gasteiger partial charge < -0.3 is 4.42 Å². The second-order valence-electron chi connectivity index (χ2n) is 7.11. The monoisotopic (exact) mass is 375 g/mol. The Labute approximate surface area is 165 Å². The molecule has 0 fully saturated rings. The van der Waals surface area contributed by atoms with Crippen molar-refractivity contribution in [2.24, 2.45) is 0 Å². The van der Waals surface area contributed by atoms with Crippen molar-refractivity contribution in [2.45, 2.75) is 46.0 Å². The highest BCUT2D eigenvalue weighted by Gasteiger charge is 2.17. The van der Waals surface area contributed by atoms with Crippen LogP contribution in [0.2, 0.25) is 0 Å². The van der Waals surface area contributed by atoms with E-state index in [0.29, 0.717) is 23.8 Å². The zero-order valence-corrected chi connectivity index (χ0v) is 16.4. The van der Waals surface area contributed by atoms with Gasteiger partial charge in [-0.25, -0.2) is 4.98 Å². The number of nitrogens with zero attached hydrogens (tertiary/aromatic N) is 1. The summed E-state index contributed by atoms with van der Waals surface area (Å²) < 4.78 is 5.75. The van der Waals surface area contributed by atoms with Crippen molar-refractivity contribution in [3.8, 4) is 11.5 Å². The Hall–Kier alpha value is -3.01. The summed E-state index contributed by atoms with van der Waals surface area (Å²) in [6.07, 6.45) is 2.12. The van der Waals surface area contributed by atoms with Crippen LogP contribution in [-0.2, 0) is 22.4 Å². The first kappa shape index (κ1) is 19.7. The van der Waals surface area contributed by atoms with E-state index >= 15 is 0 Å². The number of oxazole rings is 1. The van der Waals surface area contributed by atoms with Gasteiger partial charge in [0.05, 0.1) is 18.5 Å². The van der Waals surface area contributed by atoms with Crippen molar-refractivity contribution in [1.29, 1.82) is 0 Å². The molecule has 0 radical (unpaired) electrons. The fourth-order valence-corrected chi connectivity index (χ4v) is 3.21. The molecule has 0 bridgehead atoms. The molecule has 2 aromatic carbocycles. The van der Waals surface area contributed by atoms with E-state index in [-0.39, 0.29) is 24.4 Å². The van der Waals surface area contributed by atoms with Gasteiger partial charge in [-0.1, -0.05) is 48.5 Å².